The Labute approximate surface area is 131 Å². The summed E-state index contributed by atoms with van der Waals surface area (Å²) in [5, 5.41) is 0. The molecule has 2 rings (SSSR count). The largest absolute Gasteiger partial charge is 0.271 e. The van der Waals surface area contributed by atoms with Crippen LogP contribution in [0.3, 0.4) is 0 Å². The van der Waals surface area contributed by atoms with Crippen molar-refractivity contribution in [3.63, 3.8) is 0 Å². The first-order valence-corrected chi connectivity index (χ1v) is 7.31. The van der Waals surface area contributed by atoms with Gasteiger partial charge in [-0.1, -0.05) is 12.1 Å². The summed E-state index contributed by atoms with van der Waals surface area (Å²) < 4.78 is 28.4. The lowest BCUT2D eigenvalue weighted by Gasteiger charge is -2.17. The molecule has 0 radical (unpaired) electrons. The first kappa shape index (κ1) is 15.5. The SMILES string of the molecule is NNC(Cc1cccc(F)c1F)c1ncc(Br)cc1Br. The Morgan fingerprint density at radius 1 is 1.30 bits per heavy atom. The monoisotopic (exact) mass is 405 g/mol. The number of hydrogen-bond donors (Lipinski definition) is 2. The van der Waals surface area contributed by atoms with E-state index in [-0.39, 0.29) is 12.0 Å². The second-order valence-corrected chi connectivity index (χ2v) is 5.93. The van der Waals surface area contributed by atoms with E-state index in [0.29, 0.717) is 5.69 Å². The van der Waals surface area contributed by atoms with Crippen molar-refractivity contribution in [1.29, 1.82) is 0 Å². The Kier molecular flexibility index (Phi) is 5.20. The zero-order valence-electron chi connectivity index (χ0n) is 10.2. The molecule has 3 N–H and O–H groups in total. The van der Waals surface area contributed by atoms with Crippen LogP contribution in [0.1, 0.15) is 17.3 Å². The van der Waals surface area contributed by atoms with Crippen LogP contribution >= 0.6 is 31.9 Å². The summed E-state index contributed by atoms with van der Waals surface area (Å²) >= 11 is 6.68. The Morgan fingerprint density at radius 3 is 2.70 bits per heavy atom. The van der Waals surface area contributed by atoms with Gasteiger partial charge in [-0.2, -0.15) is 0 Å². The minimum atomic E-state index is -0.874. The molecule has 3 nitrogen and oxygen atoms in total. The number of hydrazine groups is 1. The summed E-state index contributed by atoms with van der Waals surface area (Å²) in [7, 11) is 0. The number of rotatable bonds is 4. The molecule has 106 valence electrons. The highest BCUT2D eigenvalue weighted by Crippen LogP contribution is 2.27. The predicted molar refractivity (Wildman–Crippen MR) is 79.8 cm³/mol. The minimum absolute atomic E-state index is 0.188. The maximum absolute atomic E-state index is 13.7. The molecule has 0 fully saturated rings. The van der Waals surface area contributed by atoms with Gasteiger partial charge in [0.2, 0.25) is 0 Å². The molecule has 7 heteroatoms. The molecule has 1 aromatic heterocycles. The Balaban J connectivity index is 2.31. The second kappa shape index (κ2) is 6.71. The van der Waals surface area contributed by atoms with Crippen LogP contribution in [-0.4, -0.2) is 4.98 Å². The van der Waals surface area contributed by atoms with E-state index in [1.54, 1.807) is 6.20 Å². The lowest BCUT2D eigenvalue weighted by molar-refractivity contribution is 0.477. The molecule has 0 spiro atoms. The lowest BCUT2D eigenvalue weighted by atomic mass is 10.0. The van der Waals surface area contributed by atoms with Crippen LogP contribution < -0.4 is 11.3 Å². The van der Waals surface area contributed by atoms with Gasteiger partial charge in [0.1, 0.15) is 0 Å². The standard InChI is InChI=1S/C13H11Br2F2N3/c14-8-5-9(15)13(19-6-8)11(20-18)4-7-2-1-3-10(16)12(7)17/h1-3,5-6,11,20H,4,18H2. The Bertz CT molecular complexity index is 623. The third-order valence-electron chi connectivity index (χ3n) is 2.82. The van der Waals surface area contributed by atoms with Crippen molar-refractivity contribution >= 4 is 31.9 Å². The van der Waals surface area contributed by atoms with E-state index in [4.69, 9.17) is 5.84 Å². The van der Waals surface area contributed by atoms with Crippen molar-refractivity contribution in [3.05, 3.63) is 62.3 Å². The average Bonchev–Trinajstić information content (AvgIpc) is 2.41. The first-order valence-electron chi connectivity index (χ1n) is 5.73. The highest BCUT2D eigenvalue weighted by atomic mass is 79.9. The van der Waals surface area contributed by atoms with Gasteiger partial charge in [-0.05, 0) is 56.0 Å². The van der Waals surface area contributed by atoms with Crippen molar-refractivity contribution in [3.8, 4) is 0 Å². The minimum Gasteiger partial charge on any atom is -0.271 e. The van der Waals surface area contributed by atoms with Gasteiger partial charge in [0.25, 0.3) is 0 Å². The highest BCUT2D eigenvalue weighted by Gasteiger charge is 2.18. The van der Waals surface area contributed by atoms with Gasteiger partial charge in [0.15, 0.2) is 11.6 Å². The van der Waals surface area contributed by atoms with E-state index in [2.05, 4.69) is 42.3 Å². The van der Waals surface area contributed by atoms with Crippen LogP contribution in [0.15, 0.2) is 39.4 Å². The molecule has 0 aliphatic heterocycles. The van der Waals surface area contributed by atoms with Crippen LogP contribution in [0.25, 0.3) is 0 Å². The molecule has 2 aromatic rings. The number of nitrogens with two attached hydrogens (primary N) is 1. The lowest BCUT2D eigenvalue weighted by Crippen LogP contribution is -2.30. The number of hydrogen-bond acceptors (Lipinski definition) is 3. The zero-order valence-corrected chi connectivity index (χ0v) is 13.4. The molecule has 0 amide bonds. The van der Waals surface area contributed by atoms with Crippen molar-refractivity contribution in [2.75, 3.05) is 0 Å². The zero-order chi connectivity index (χ0) is 14.7. The van der Waals surface area contributed by atoms with E-state index < -0.39 is 17.7 Å². The van der Waals surface area contributed by atoms with E-state index in [0.717, 1.165) is 15.0 Å². The summed E-state index contributed by atoms with van der Waals surface area (Å²) in [6.45, 7) is 0. The maximum atomic E-state index is 13.7. The maximum Gasteiger partial charge on any atom is 0.162 e. The van der Waals surface area contributed by atoms with Crippen LogP contribution in [-0.2, 0) is 6.42 Å². The fourth-order valence-corrected chi connectivity index (χ4v) is 3.11. The van der Waals surface area contributed by atoms with Crippen LogP contribution in [0.5, 0.6) is 0 Å². The van der Waals surface area contributed by atoms with Gasteiger partial charge in [0, 0.05) is 15.1 Å². The Hall–Kier alpha value is -0.890. The number of nitrogens with one attached hydrogen (secondary N) is 1. The molecule has 1 atom stereocenters. The molecule has 20 heavy (non-hydrogen) atoms. The third kappa shape index (κ3) is 3.41. The number of aromatic nitrogens is 1. The molecule has 0 saturated carbocycles. The van der Waals surface area contributed by atoms with E-state index in [1.165, 1.54) is 12.1 Å². The van der Waals surface area contributed by atoms with Crippen molar-refractivity contribution in [2.24, 2.45) is 5.84 Å². The van der Waals surface area contributed by atoms with Gasteiger partial charge in [-0.25, -0.2) is 8.78 Å². The number of halogens is 4. The van der Waals surface area contributed by atoms with Gasteiger partial charge >= 0.3 is 0 Å². The summed E-state index contributed by atoms with van der Waals surface area (Å²) in [6, 6.07) is 5.45. The fourth-order valence-electron chi connectivity index (χ4n) is 1.84. The van der Waals surface area contributed by atoms with E-state index in [9.17, 15) is 8.78 Å². The topological polar surface area (TPSA) is 50.9 Å². The summed E-state index contributed by atoms with van der Waals surface area (Å²) in [4.78, 5) is 4.24. The molecule has 1 unspecified atom stereocenters. The smallest absolute Gasteiger partial charge is 0.162 e. The molecule has 1 aromatic carbocycles. The average molecular weight is 407 g/mol. The van der Waals surface area contributed by atoms with Crippen LogP contribution in [0.2, 0.25) is 0 Å². The van der Waals surface area contributed by atoms with E-state index >= 15 is 0 Å². The number of benzene rings is 1. The van der Waals surface area contributed by atoms with Crippen LogP contribution in [0.4, 0.5) is 8.78 Å². The first-order chi connectivity index (χ1) is 9.52. The molecular weight excluding hydrogens is 396 g/mol. The van der Waals surface area contributed by atoms with Crippen LogP contribution in [0, 0.1) is 11.6 Å². The molecule has 1 heterocycles. The van der Waals surface area contributed by atoms with Crippen molar-refractivity contribution in [2.45, 2.75) is 12.5 Å². The Morgan fingerprint density at radius 2 is 2.05 bits per heavy atom. The van der Waals surface area contributed by atoms with Gasteiger partial charge in [-0.3, -0.25) is 16.3 Å². The van der Waals surface area contributed by atoms with Gasteiger partial charge in [0.05, 0.1) is 11.7 Å². The normalized spacial score (nSPS) is 12.4. The quantitative estimate of drug-likeness (QED) is 0.602. The molecule has 0 bridgehead atoms. The number of nitrogens with zero attached hydrogens (tertiary/aromatic N) is 1. The van der Waals surface area contributed by atoms with Crippen molar-refractivity contribution in [1.82, 2.24) is 10.4 Å². The second-order valence-electron chi connectivity index (χ2n) is 4.16. The van der Waals surface area contributed by atoms with E-state index in [1.807, 2.05) is 6.07 Å². The highest BCUT2D eigenvalue weighted by molar-refractivity contribution is 9.11. The van der Waals surface area contributed by atoms with Crippen molar-refractivity contribution < 1.29 is 8.78 Å². The fraction of sp³-hybridized carbons (Fsp3) is 0.154. The molecule has 0 aliphatic rings. The summed E-state index contributed by atoms with van der Waals surface area (Å²) in [6.07, 6.45) is 1.81. The summed E-state index contributed by atoms with van der Waals surface area (Å²) in [5.74, 6) is 3.77. The number of pyridine rings is 1. The molecule has 0 aliphatic carbocycles. The predicted octanol–water partition coefficient (Wildman–Crippen LogP) is 3.63. The summed E-state index contributed by atoms with van der Waals surface area (Å²) in [5.41, 5.74) is 3.44. The third-order valence-corrected chi connectivity index (χ3v) is 3.89. The van der Waals surface area contributed by atoms with Gasteiger partial charge < -0.3 is 0 Å². The molecule has 0 saturated heterocycles. The molecular formula is C13H11Br2F2N3. The van der Waals surface area contributed by atoms with Gasteiger partial charge in [-0.15, -0.1) is 0 Å².